The fourth-order valence-corrected chi connectivity index (χ4v) is 4.40. The number of anilines is 1. The summed E-state index contributed by atoms with van der Waals surface area (Å²) in [7, 11) is -2.16. The molecule has 0 bridgehead atoms. The molecule has 0 saturated heterocycles. The molecule has 0 radical (unpaired) electrons. The van der Waals surface area contributed by atoms with E-state index in [-0.39, 0.29) is 0 Å². The van der Waals surface area contributed by atoms with Crippen LogP contribution in [0, 0.1) is 13.8 Å². The highest BCUT2D eigenvalue weighted by Crippen LogP contribution is 2.36. The molecule has 8 nitrogen and oxygen atoms in total. The van der Waals surface area contributed by atoms with Crippen molar-refractivity contribution in [2.75, 3.05) is 30.8 Å². The quantitative estimate of drug-likeness (QED) is 0.291. The highest BCUT2D eigenvalue weighted by atomic mass is 79.9. The van der Waals surface area contributed by atoms with Crippen LogP contribution in [-0.2, 0) is 14.8 Å². The molecule has 172 valence electrons. The first kappa shape index (κ1) is 25.4. The van der Waals surface area contributed by atoms with Gasteiger partial charge in [-0.15, -0.1) is 0 Å². The molecule has 32 heavy (non-hydrogen) atoms. The third-order valence-corrected chi connectivity index (χ3v) is 6.02. The number of benzene rings is 2. The van der Waals surface area contributed by atoms with E-state index in [0.717, 1.165) is 21.7 Å². The molecule has 0 spiro atoms. The molecule has 0 fully saturated rings. The number of ether oxygens (including phenoxy) is 2. The monoisotopic (exact) mass is 523 g/mol. The Balaban J connectivity index is 2.15. The van der Waals surface area contributed by atoms with Gasteiger partial charge in [0.15, 0.2) is 11.5 Å². The molecule has 2 aromatic rings. The van der Waals surface area contributed by atoms with Gasteiger partial charge in [-0.05, 0) is 59.1 Å². The lowest BCUT2D eigenvalue weighted by atomic mass is 10.1. The highest BCUT2D eigenvalue weighted by Gasteiger charge is 2.22. The number of hydrogen-bond donors (Lipinski definition) is 1. The van der Waals surface area contributed by atoms with Gasteiger partial charge < -0.3 is 9.47 Å². The fraction of sp³-hybridized carbons (Fsp3) is 0.273. The van der Waals surface area contributed by atoms with Crippen LogP contribution in [0.1, 0.15) is 16.7 Å². The summed E-state index contributed by atoms with van der Waals surface area (Å²) in [5, 5.41) is 3.94. The van der Waals surface area contributed by atoms with E-state index in [1.165, 1.54) is 13.3 Å². The summed E-state index contributed by atoms with van der Waals surface area (Å²) in [6, 6.07) is 8.77. The number of methoxy groups -OCH3 is 1. The molecule has 0 unspecified atom stereocenters. The van der Waals surface area contributed by atoms with E-state index >= 15 is 0 Å². The van der Waals surface area contributed by atoms with Crippen molar-refractivity contribution in [3.63, 3.8) is 0 Å². The van der Waals surface area contributed by atoms with Gasteiger partial charge in [0.2, 0.25) is 10.0 Å². The second-order valence-electron chi connectivity index (χ2n) is 6.99. The summed E-state index contributed by atoms with van der Waals surface area (Å²) in [6.07, 6.45) is 4.10. The van der Waals surface area contributed by atoms with Crippen LogP contribution in [0.3, 0.4) is 0 Å². The first-order chi connectivity index (χ1) is 15.1. The zero-order valence-electron chi connectivity index (χ0n) is 18.4. The van der Waals surface area contributed by atoms with Crippen molar-refractivity contribution < 1.29 is 22.7 Å². The zero-order valence-corrected chi connectivity index (χ0v) is 20.8. The molecule has 0 aromatic heterocycles. The van der Waals surface area contributed by atoms with E-state index in [9.17, 15) is 13.2 Å². The number of nitrogens with zero attached hydrogens (tertiary/aromatic N) is 2. The number of hydrogen-bond acceptors (Lipinski definition) is 6. The van der Waals surface area contributed by atoms with E-state index in [2.05, 4.69) is 33.0 Å². The van der Waals surface area contributed by atoms with Gasteiger partial charge >= 0.3 is 0 Å². The standard InChI is InChI=1S/C22H26BrN3O5S/c1-6-9-31-22-18(23)11-17(12-20(22)30-4)13-24-25-21(27)14-26(32(5,28)29)19-8-7-15(2)10-16(19)3/h6-8,10-13H,1,9,14H2,2-5H3,(H,25,27). The SMILES string of the molecule is C=CCOc1c(Br)cc(C=NNC(=O)CN(c2ccc(C)cc2C)S(C)(=O)=O)cc1OC. The Morgan fingerprint density at radius 3 is 2.59 bits per heavy atom. The van der Waals surface area contributed by atoms with E-state index in [4.69, 9.17) is 9.47 Å². The Morgan fingerprint density at radius 1 is 1.28 bits per heavy atom. The van der Waals surface area contributed by atoms with Gasteiger partial charge in [-0.1, -0.05) is 30.4 Å². The molecular weight excluding hydrogens is 498 g/mol. The number of aryl methyl sites for hydroxylation is 2. The summed E-state index contributed by atoms with van der Waals surface area (Å²) in [6.45, 7) is 7.24. The predicted octanol–water partition coefficient (Wildman–Crippen LogP) is 3.56. The molecule has 2 rings (SSSR count). The Kier molecular flexibility index (Phi) is 8.85. The minimum atomic E-state index is -3.68. The minimum Gasteiger partial charge on any atom is -0.493 e. The van der Waals surface area contributed by atoms with Crippen molar-refractivity contribution in [1.29, 1.82) is 0 Å². The molecule has 1 N–H and O–H groups in total. The number of nitrogens with one attached hydrogen (secondary N) is 1. The van der Waals surface area contributed by atoms with Crippen LogP contribution in [0.4, 0.5) is 5.69 Å². The molecule has 0 aliphatic rings. The Hall–Kier alpha value is -2.85. The van der Waals surface area contributed by atoms with Crippen molar-refractivity contribution in [1.82, 2.24) is 5.43 Å². The maximum atomic E-state index is 12.4. The van der Waals surface area contributed by atoms with Gasteiger partial charge in [-0.2, -0.15) is 5.10 Å². The highest BCUT2D eigenvalue weighted by molar-refractivity contribution is 9.10. The average molecular weight is 524 g/mol. The van der Waals surface area contributed by atoms with Crippen molar-refractivity contribution in [3.8, 4) is 11.5 Å². The molecular formula is C22H26BrN3O5S. The fourth-order valence-electron chi connectivity index (χ4n) is 2.91. The minimum absolute atomic E-state index is 0.315. The lowest BCUT2D eigenvalue weighted by Gasteiger charge is -2.23. The van der Waals surface area contributed by atoms with Crippen molar-refractivity contribution in [2.45, 2.75) is 13.8 Å². The Labute approximate surface area is 197 Å². The molecule has 0 heterocycles. The molecule has 1 amide bonds. The van der Waals surface area contributed by atoms with Crippen LogP contribution in [0.2, 0.25) is 0 Å². The van der Waals surface area contributed by atoms with Gasteiger partial charge in [0.25, 0.3) is 5.91 Å². The van der Waals surface area contributed by atoms with E-state index in [1.54, 1.807) is 37.3 Å². The summed E-state index contributed by atoms with van der Waals surface area (Å²) in [4.78, 5) is 12.4. The van der Waals surface area contributed by atoms with Crippen molar-refractivity contribution in [2.24, 2.45) is 5.10 Å². The lowest BCUT2D eigenvalue weighted by Crippen LogP contribution is -2.39. The maximum Gasteiger partial charge on any atom is 0.260 e. The normalized spacial score (nSPS) is 11.3. The third-order valence-electron chi connectivity index (χ3n) is 4.31. The van der Waals surface area contributed by atoms with E-state index in [1.807, 2.05) is 13.0 Å². The molecule has 2 aromatic carbocycles. The predicted molar refractivity (Wildman–Crippen MR) is 130 cm³/mol. The molecule has 0 aliphatic carbocycles. The largest absolute Gasteiger partial charge is 0.493 e. The van der Waals surface area contributed by atoms with Gasteiger partial charge in [0.05, 0.1) is 29.7 Å². The lowest BCUT2D eigenvalue weighted by molar-refractivity contribution is -0.119. The van der Waals surface area contributed by atoms with Crippen LogP contribution in [0.25, 0.3) is 0 Å². The third kappa shape index (κ3) is 6.83. The first-order valence-electron chi connectivity index (χ1n) is 9.55. The van der Waals surface area contributed by atoms with Crippen LogP contribution in [0.5, 0.6) is 11.5 Å². The molecule has 10 heteroatoms. The van der Waals surface area contributed by atoms with Gasteiger partial charge in [-0.25, -0.2) is 13.8 Å². The number of amides is 1. The number of halogens is 1. The number of hydrazone groups is 1. The summed E-state index contributed by atoms with van der Waals surface area (Å²) < 4.78 is 37.2. The van der Waals surface area contributed by atoms with Crippen LogP contribution in [-0.4, -0.2) is 47.1 Å². The summed E-state index contributed by atoms with van der Waals surface area (Å²) >= 11 is 3.42. The van der Waals surface area contributed by atoms with Gasteiger partial charge in [0, 0.05) is 0 Å². The van der Waals surface area contributed by atoms with Crippen LogP contribution in [0.15, 0.2) is 52.6 Å². The van der Waals surface area contributed by atoms with E-state index < -0.39 is 22.5 Å². The van der Waals surface area contributed by atoms with Crippen LogP contribution >= 0.6 is 15.9 Å². The second kappa shape index (κ2) is 11.1. The van der Waals surface area contributed by atoms with Crippen molar-refractivity contribution in [3.05, 3.63) is 64.1 Å². The average Bonchev–Trinajstić information content (AvgIpc) is 2.70. The number of carbonyl (C=O) groups is 1. The maximum absolute atomic E-state index is 12.4. The first-order valence-corrected chi connectivity index (χ1v) is 12.2. The Morgan fingerprint density at radius 2 is 2.00 bits per heavy atom. The van der Waals surface area contributed by atoms with Crippen molar-refractivity contribution >= 4 is 43.8 Å². The molecule has 0 atom stereocenters. The smallest absolute Gasteiger partial charge is 0.260 e. The van der Waals surface area contributed by atoms with Crippen LogP contribution < -0.4 is 19.2 Å². The summed E-state index contributed by atoms with van der Waals surface area (Å²) in [5.74, 6) is 0.418. The summed E-state index contributed by atoms with van der Waals surface area (Å²) in [5.41, 5.74) is 5.19. The van der Waals surface area contributed by atoms with E-state index in [0.29, 0.717) is 33.8 Å². The Bertz CT molecular complexity index is 1130. The molecule has 0 aliphatic heterocycles. The van der Waals surface area contributed by atoms with Gasteiger partial charge in [0.1, 0.15) is 13.2 Å². The molecule has 0 saturated carbocycles. The zero-order chi connectivity index (χ0) is 23.9. The number of sulfonamides is 1. The number of rotatable bonds is 10. The van der Waals surface area contributed by atoms with Gasteiger partial charge in [-0.3, -0.25) is 9.10 Å². The number of carbonyl (C=O) groups excluding carboxylic acids is 1. The topological polar surface area (TPSA) is 97.3 Å². The second-order valence-corrected chi connectivity index (χ2v) is 9.75.